The van der Waals surface area contributed by atoms with Gasteiger partial charge in [-0.25, -0.2) is 4.79 Å². The first-order valence-electron chi connectivity index (χ1n) is 10.3. The summed E-state index contributed by atoms with van der Waals surface area (Å²) in [4.78, 5) is 15.0. The van der Waals surface area contributed by atoms with Gasteiger partial charge in [-0.05, 0) is 49.6 Å². The number of aromatic nitrogens is 1. The highest BCUT2D eigenvalue weighted by atomic mass is 16.2. The molecule has 2 aromatic carbocycles. The van der Waals surface area contributed by atoms with Crippen molar-refractivity contribution in [2.75, 3.05) is 5.32 Å². The number of benzene rings is 2. The summed E-state index contributed by atoms with van der Waals surface area (Å²) < 4.78 is 2.23. The van der Waals surface area contributed by atoms with Crippen LogP contribution in [0.25, 0.3) is 0 Å². The zero-order chi connectivity index (χ0) is 20.8. The molecule has 0 aliphatic heterocycles. The third kappa shape index (κ3) is 5.50. The van der Waals surface area contributed by atoms with Crippen molar-refractivity contribution in [2.45, 2.75) is 46.8 Å². The molecular formula is C25H31N3O. The first kappa shape index (κ1) is 20.7. The zero-order valence-electron chi connectivity index (χ0n) is 17.8. The summed E-state index contributed by atoms with van der Waals surface area (Å²) in [5, 5.41) is 3.04. The lowest BCUT2D eigenvalue weighted by Gasteiger charge is -2.32. The van der Waals surface area contributed by atoms with Crippen LogP contribution in [0.15, 0.2) is 72.9 Å². The lowest BCUT2D eigenvalue weighted by atomic mass is 10.0. The fourth-order valence-corrected chi connectivity index (χ4v) is 3.41. The van der Waals surface area contributed by atoms with Crippen molar-refractivity contribution in [3.05, 3.63) is 89.7 Å². The number of nitrogens with one attached hydrogen (secondary N) is 1. The standard InChI is InChI=1S/C25H31N3O/c1-19(2)21(4)28(25(29)26-23-12-6-5-7-13-23)18-24-14-9-15-27(24)17-22-11-8-10-20(3)16-22/h5-16,19,21H,17-18H2,1-4H3,(H,26,29). The molecule has 1 atom stereocenters. The van der Waals surface area contributed by atoms with Gasteiger partial charge in [0.25, 0.3) is 0 Å². The molecule has 0 saturated carbocycles. The van der Waals surface area contributed by atoms with E-state index in [-0.39, 0.29) is 12.1 Å². The first-order valence-corrected chi connectivity index (χ1v) is 10.3. The summed E-state index contributed by atoms with van der Waals surface area (Å²) in [7, 11) is 0. The number of aryl methyl sites for hydroxylation is 1. The maximum absolute atomic E-state index is 13.1. The first-order chi connectivity index (χ1) is 13.9. The number of rotatable bonds is 7. The van der Waals surface area contributed by atoms with E-state index in [0.717, 1.165) is 17.9 Å². The Kier molecular flexibility index (Phi) is 6.76. The monoisotopic (exact) mass is 389 g/mol. The van der Waals surface area contributed by atoms with Gasteiger partial charge in [-0.15, -0.1) is 0 Å². The van der Waals surface area contributed by atoms with Crippen molar-refractivity contribution in [1.82, 2.24) is 9.47 Å². The number of hydrogen-bond donors (Lipinski definition) is 1. The molecule has 0 aliphatic rings. The zero-order valence-corrected chi connectivity index (χ0v) is 17.8. The van der Waals surface area contributed by atoms with Crippen molar-refractivity contribution in [3.8, 4) is 0 Å². The molecular weight excluding hydrogens is 358 g/mol. The van der Waals surface area contributed by atoms with Gasteiger partial charge in [0.1, 0.15) is 0 Å². The molecule has 1 unspecified atom stereocenters. The Balaban J connectivity index is 1.79. The van der Waals surface area contributed by atoms with Crippen LogP contribution < -0.4 is 5.32 Å². The van der Waals surface area contributed by atoms with Gasteiger partial charge in [0, 0.05) is 30.2 Å². The number of anilines is 1. The van der Waals surface area contributed by atoms with Gasteiger partial charge in [0.2, 0.25) is 0 Å². The van der Waals surface area contributed by atoms with Crippen LogP contribution in [0.3, 0.4) is 0 Å². The lowest BCUT2D eigenvalue weighted by molar-refractivity contribution is 0.168. The predicted molar refractivity (Wildman–Crippen MR) is 120 cm³/mol. The van der Waals surface area contributed by atoms with E-state index < -0.39 is 0 Å². The molecule has 1 N–H and O–H groups in total. The third-order valence-corrected chi connectivity index (χ3v) is 5.43. The molecule has 4 heteroatoms. The van der Waals surface area contributed by atoms with E-state index in [0.29, 0.717) is 12.5 Å². The summed E-state index contributed by atoms with van der Waals surface area (Å²) in [5.41, 5.74) is 4.46. The summed E-state index contributed by atoms with van der Waals surface area (Å²) in [5.74, 6) is 0.358. The van der Waals surface area contributed by atoms with Gasteiger partial charge >= 0.3 is 6.03 Å². The van der Waals surface area contributed by atoms with E-state index in [9.17, 15) is 4.79 Å². The van der Waals surface area contributed by atoms with Crippen molar-refractivity contribution in [2.24, 2.45) is 5.92 Å². The number of carbonyl (C=O) groups is 1. The van der Waals surface area contributed by atoms with Crippen LogP contribution in [0.2, 0.25) is 0 Å². The average Bonchev–Trinajstić information content (AvgIpc) is 3.13. The smallest absolute Gasteiger partial charge is 0.322 e. The van der Waals surface area contributed by atoms with Gasteiger partial charge < -0.3 is 14.8 Å². The molecule has 0 fully saturated rings. The number of nitrogens with zero attached hydrogens (tertiary/aromatic N) is 2. The quantitative estimate of drug-likeness (QED) is 0.535. The third-order valence-electron chi connectivity index (χ3n) is 5.43. The molecule has 1 aromatic heterocycles. The number of amides is 2. The minimum absolute atomic E-state index is 0.0688. The van der Waals surface area contributed by atoms with Crippen LogP contribution in [-0.2, 0) is 13.1 Å². The lowest BCUT2D eigenvalue weighted by Crippen LogP contribution is -2.43. The molecule has 3 aromatic rings. The Bertz CT molecular complexity index is 930. The Morgan fingerprint density at radius 2 is 1.76 bits per heavy atom. The van der Waals surface area contributed by atoms with Gasteiger partial charge in [-0.2, -0.15) is 0 Å². The van der Waals surface area contributed by atoms with Crippen molar-refractivity contribution in [1.29, 1.82) is 0 Å². The SMILES string of the molecule is Cc1cccc(Cn2cccc2CN(C(=O)Nc2ccccc2)C(C)C(C)C)c1. The predicted octanol–water partition coefficient (Wildman–Crippen LogP) is 5.92. The number of carbonyl (C=O) groups excluding carboxylic acids is 1. The average molecular weight is 390 g/mol. The minimum Gasteiger partial charge on any atom is -0.345 e. The highest BCUT2D eigenvalue weighted by Crippen LogP contribution is 2.18. The molecule has 0 spiro atoms. The molecule has 4 nitrogen and oxygen atoms in total. The molecule has 29 heavy (non-hydrogen) atoms. The Morgan fingerprint density at radius 1 is 1.00 bits per heavy atom. The fraction of sp³-hybridized carbons (Fsp3) is 0.320. The van der Waals surface area contributed by atoms with Gasteiger partial charge in [-0.1, -0.05) is 61.9 Å². The summed E-state index contributed by atoms with van der Waals surface area (Å²) in [6.45, 7) is 9.90. The number of para-hydroxylation sites is 1. The minimum atomic E-state index is -0.0688. The van der Waals surface area contributed by atoms with Gasteiger partial charge in [-0.3, -0.25) is 0 Å². The van der Waals surface area contributed by atoms with Crippen LogP contribution in [0.4, 0.5) is 10.5 Å². The van der Waals surface area contributed by atoms with Gasteiger partial charge in [0.05, 0.1) is 6.54 Å². The molecule has 2 amide bonds. The highest BCUT2D eigenvalue weighted by molar-refractivity contribution is 5.89. The number of urea groups is 1. The van der Waals surface area contributed by atoms with Crippen LogP contribution in [0, 0.1) is 12.8 Å². The van der Waals surface area contributed by atoms with Gasteiger partial charge in [0.15, 0.2) is 0 Å². The maximum Gasteiger partial charge on any atom is 0.322 e. The van der Waals surface area contributed by atoms with Crippen molar-refractivity contribution in [3.63, 3.8) is 0 Å². The van der Waals surface area contributed by atoms with E-state index in [1.807, 2.05) is 35.2 Å². The van der Waals surface area contributed by atoms with E-state index in [2.05, 4.69) is 80.2 Å². The maximum atomic E-state index is 13.1. The Morgan fingerprint density at radius 3 is 2.45 bits per heavy atom. The second-order valence-electron chi connectivity index (χ2n) is 8.03. The normalized spacial score (nSPS) is 12.0. The molecule has 1 heterocycles. The van der Waals surface area contributed by atoms with Crippen molar-refractivity contribution >= 4 is 11.7 Å². The summed E-state index contributed by atoms with van der Waals surface area (Å²) >= 11 is 0. The summed E-state index contributed by atoms with van der Waals surface area (Å²) in [6, 6.07) is 22.4. The second kappa shape index (κ2) is 9.46. The molecule has 0 radical (unpaired) electrons. The van der Waals surface area contributed by atoms with Crippen LogP contribution in [0.1, 0.15) is 37.6 Å². The summed E-state index contributed by atoms with van der Waals surface area (Å²) in [6.07, 6.45) is 2.09. The van der Waals surface area contributed by atoms with E-state index in [1.165, 1.54) is 11.1 Å². The van der Waals surface area contributed by atoms with Crippen molar-refractivity contribution < 1.29 is 4.79 Å². The molecule has 3 rings (SSSR count). The van der Waals surface area contributed by atoms with E-state index >= 15 is 0 Å². The molecule has 0 bridgehead atoms. The Labute approximate surface area is 174 Å². The van der Waals surface area contributed by atoms with Crippen LogP contribution >= 0.6 is 0 Å². The van der Waals surface area contributed by atoms with Crippen LogP contribution in [0.5, 0.6) is 0 Å². The fourth-order valence-electron chi connectivity index (χ4n) is 3.41. The highest BCUT2D eigenvalue weighted by Gasteiger charge is 2.24. The number of hydrogen-bond acceptors (Lipinski definition) is 1. The van der Waals surface area contributed by atoms with E-state index in [1.54, 1.807) is 0 Å². The van der Waals surface area contributed by atoms with Crippen LogP contribution in [-0.4, -0.2) is 21.5 Å². The topological polar surface area (TPSA) is 37.3 Å². The molecule has 0 aliphatic carbocycles. The Hall–Kier alpha value is -3.01. The molecule has 152 valence electrons. The van der Waals surface area contributed by atoms with E-state index in [4.69, 9.17) is 0 Å². The largest absolute Gasteiger partial charge is 0.345 e. The second-order valence-corrected chi connectivity index (χ2v) is 8.03. The molecule has 0 saturated heterocycles.